The van der Waals surface area contributed by atoms with E-state index in [2.05, 4.69) is 5.32 Å². The molecule has 1 heterocycles. The Morgan fingerprint density at radius 2 is 2.18 bits per heavy atom. The zero-order valence-electron chi connectivity index (χ0n) is 10.0. The van der Waals surface area contributed by atoms with Crippen molar-refractivity contribution in [1.29, 1.82) is 0 Å². The summed E-state index contributed by atoms with van der Waals surface area (Å²) in [5.41, 5.74) is 2.65. The summed E-state index contributed by atoms with van der Waals surface area (Å²) in [5, 5.41) is 3.27. The fourth-order valence-electron chi connectivity index (χ4n) is 1.94. The van der Waals surface area contributed by atoms with E-state index >= 15 is 0 Å². The Kier molecular flexibility index (Phi) is 3.59. The molecule has 0 aliphatic carbocycles. The van der Waals surface area contributed by atoms with E-state index in [4.69, 9.17) is 4.42 Å². The summed E-state index contributed by atoms with van der Waals surface area (Å²) in [5.74, 6) is -0.192. The normalized spacial score (nSPS) is 12.6. The van der Waals surface area contributed by atoms with Crippen LogP contribution in [0.3, 0.4) is 0 Å². The molecule has 1 aromatic heterocycles. The number of aryl methyl sites for hydroxylation is 1. The van der Waals surface area contributed by atoms with Gasteiger partial charge in [-0.2, -0.15) is 0 Å². The van der Waals surface area contributed by atoms with Crippen LogP contribution in [0.15, 0.2) is 41.2 Å². The van der Waals surface area contributed by atoms with E-state index in [1.807, 2.05) is 26.0 Å². The predicted octanol–water partition coefficient (Wildman–Crippen LogP) is 3.43. The van der Waals surface area contributed by atoms with E-state index in [0.29, 0.717) is 5.56 Å². The van der Waals surface area contributed by atoms with Crippen LogP contribution < -0.4 is 5.32 Å². The minimum atomic E-state index is -0.192. The molecule has 3 heteroatoms. The molecule has 0 fully saturated rings. The lowest BCUT2D eigenvalue weighted by Crippen LogP contribution is -2.22. The third-order valence-corrected chi connectivity index (χ3v) is 2.75. The molecule has 2 rings (SSSR count). The van der Waals surface area contributed by atoms with Gasteiger partial charge in [0, 0.05) is 11.1 Å². The molecule has 17 heavy (non-hydrogen) atoms. The van der Waals surface area contributed by atoms with E-state index in [1.54, 1.807) is 18.6 Å². The number of rotatable bonds is 4. The number of furan rings is 1. The molecule has 1 aromatic carbocycles. The Labute approximate surface area is 100 Å². The van der Waals surface area contributed by atoms with Crippen LogP contribution in [0.2, 0.25) is 0 Å². The van der Waals surface area contributed by atoms with Crippen LogP contribution in [0.25, 0.3) is 0 Å². The topological polar surface area (TPSA) is 25.2 Å². The first-order valence-electron chi connectivity index (χ1n) is 5.74. The number of halogens is 1. The Morgan fingerprint density at radius 1 is 1.35 bits per heavy atom. The highest BCUT2D eigenvalue weighted by atomic mass is 19.1. The monoisotopic (exact) mass is 233 g/mol. The lowest BCUT2D eigenvalue weighted by molar-refractivity contribution is 0.538. The summed E-state index contributed by atoms with van der Waals surface area (Å²) in [6.07, 6.45) is 3.25. The molecule has 1 atom stereocenters. The Balaban J connectivity index is 2.42. The van der Waals surface area contributed by atoms with Gasteiger partial charge in [-0.05, 0) is 25.6 Å². The maximum absolute atomic E-state index is 13.9. The van der Waals surface area contributed by atoms with Gasteiger partial charge in [-0.3, -0.25) is 0 Å². The van der Waals surface area contributed by atoms with Crippen molar-refractivity contribution >= 4 is 0 Å². The molecular formula is C14H16FNO. The standard InChI is InChI=1S/C14H16FNO/c1-3-16-14(11-6-7-17-9-11)12-8-10(2)4-5-13(12)15/h4-9,14,16H,3H2,1-2H3. The van der Waals surface area contributed by atoms with Crippen LogP contribution >= 0.6 is 0 Å². The fourth-order valence-corrected chi connectivity index (χ4v) is 1.94. The van der Waals surface area contributed by atoms with Crippen molar-refractivity contribution < 1.29 is 8.81 Å². The molecule has 0 bridgehead atoms. The van der Waals surface area contributed by atoms with E-state index in [1.165, 1.54) is 6.07 Å². The molecule has 0 aliphatic heterocycles. The largest absolute Gasteiger partial charge is 0.472 e. The molecule has 2 nitrogen and oxygen atoms in total. The van der Waals surface area contributed by atoms with Crippen LogP contribution in [0.1, 0.15) is 29.7 Å². The molecule has 1 N–H and O–H groups in total. The summed E-state index contributed by atoms with van der Waals surface area (Å²) >= 11 is 0. The average Bonchev–Trinajstić information content (AvgIpc) is 2.83. The molecule has 90 valence electrons. The van der Waals surface area contributed by atoms with Gasteiger partial charge >= 0.3 is 0 Å². The first-order chi connectivity index (χ1) is 8.22. The van der Waals surface area contributed by atoms with Crippen LogP contribution in [-0.2, 0) is 0 Å². The van der Waals surface area contributed by atoms with E-state index in [0.717, 1.165) is 17.7 Å². The maximum Gasteiger partial charge on any atom is 0.128 e. The van der Waals surface area contributed by atoms with Crippen molar-refractivity contribution in [2.75, 3.05) is 6.54 Å². The van der Waals surface area contributed by atoms with Crippen LogP contribution in [-0.4, -0.2) is 6.54 Å². The Hall–Kier alpha value is -1.61. The maximum atomic E-state index is 13.9. The van der Waals surface area contributed by atoms with Gasteiger partial charge < -0.3 is 9.73 Å². The van der Waals surface area contributed by atoms with Gasteiger partial charge in [0.2, 0.25) is 0 Å². The lowest BCUT2D eigenvalue weighted by Gasteiger charge is -2.18. The van der Waals surface area contributed by atoms with E-state index in [-0.39, 0.29) is 11.9 Å². The summed E-state index contributed by atoms with van der Waals surface area (Å²) in [6.45, 7) is 4.73. The molecule has 0 spiro atoms. The highest BCUT2D eigenvalue weighted by Gasteiger charge is 2.17. The molecule has 0 saturated heterocycles. The molecule has 0 amide bonds. The van der Waals surface area contributed by atoms with Crippen LogP contribution in [0, 0.1) is 12.7 Å². The third kappa shape index (κ3) is 2.56. The van der Waals surface area contributed by atoms with Crippen molar-refractivity contribution in [3.8, 4) is 0 Å². The van der Waals surface area contributed by atoms with Gasteiger partial charge in [-0.1, -0.05) is 24.6 Å². The quantitative estimate of drug-likeness (QED) is 0.875. The van der Waals surface area contributed by atoms with Gasteiger partial charge in [0.25, 0.3) is 0 Å². The third-order valence-electron chi connectivity index (χ3n) is 2.75. The Bertz CT molecular complexity index is 479. The number of nitrogens with one attached hydrogen (secondary N) is 1. The average molecular weight is 233 g/mol. The molecule has 0 radical (unpaired) electrons. The van der Waals surface area contributed by atoms with Crippen molar-refractivity contribution in [2.45, 2.75) is 19.9 Å². The smallest absolute Gasteiger partial charge is 0.128 e. The molecule has 1 unspecified atom stereocenters. The summed E-state index contributed by atoms with van der Waals surface area (Å²) < 4.78 is 18.9. The van der Waals surface area contributed by atoms with E-state index in [9.17, 15) is 4.39 Å². The zero-order chi connectivity index (χ0) is 12.3. The molecular weight excluding hydrogens is 217 g/mol. The summed E-state index contributed by atoms with van der Waals surface area (Å²) in [4.78, 5) is 0. The van der Waals surface area contributed by atoms with Crippen LogP contribution in [0.4, 0.5) is 4.39 Å². The van der Waals surface area contributed by atoms with Crippen molar-refractivity contribution in [3.63, 3.8) is 0 Å². The molecule has 2 aromatic rings. The predicted molar refractivity (Wildman–Crippen MR) is 65.4 cm³/mol. The number of hydrogen-bond donors (Lipinski definition) is 1. The highest BCUT2D eigenvalue weighted by molar-refractivity contribution is 5.33. The van der Waals surface area contributed by atoms with Crippen molar-refractivity contribution in [1.82, 2.24) is 5.32 Å². The fraction of sp³-hybridized carbons (Fsp3) is 0.286. The van der Waals surface area contributed by atoms with Crippen molar-refractivity contribution in [2.24, 2.45) is 0 Å². The minimum Gasteiger partial charge on any atom is -0.472 e. The zero-order valence-corrected chi connectivity index (χ0v) is 10.0. The Morgan fingerprint density at radius 3 is 2.82 bits per heavy atom. The molecule has 0 saturated carbocycles. The SMILES string of the molecule is CCNC(c1ccoc1)c1cc(C)ccc1F. The minimum absolute atomic E-state index is 0.154. The first-order valence-corrected chi connectivity index (χ1v) is 5.74. The van der Waals surface area contributed by atoms with E-state index < -0.39 is 0 Å². The van der Waals surface area contributed by atoms with Gasteiger partial charge in [0.15, 0.2) is 0 Å². The second-order valence-corrected chi connectivity index (χ2v) is 4.07. The first kappa shape index (κ1) is 11.9. The summed E-state index contributed by atoms with van der Waals surface area (Å²) in [6, 6.07) is 6.86. The van der Waals surface area contributed by atoms with Crippen molar-refractivity contribution in [3.05, 3.63) is 59.3 Å². The summed E-state index contributed by atoms with van der Waals surface area (Å²) in [7, 11) is 0. The second kappa shape index (κ2) is 5.15. The van der Waals surface area contributed by atoms with Gasteiger partial charge in [0.05, 0.1) is 18.6 Å². The highest BCUT2D eigenvalue weighted by Crippen LogP contribution is 2.25. The lowest BCUT2D eigenvalue weighted by atomic mass is 9.99. The van der Waals surface area contributed by atoms with Gasteiger partial charge in [-0.15, -0.1) is 0 Å². The number of hydrogen-bond acceptors (Lipinski definition) is 2. The van der Waals surface area contributed by atoms with Crippen LogP contribution in [0.5, 0.6) is 0 Å². The second-order valence-electron chi connectivity index (χ2n) is 4.07. The van der Waals surface area contributed by atoms with Gasteiger partial charge in [-0.25, -0.2) is 4.39 Å². The molecule has 0 aliphatic rings. The number of benzene rings is 1. The van der Waals surface area contributed by atoms with Gasteiger partial charge in [0.1, 0.15) is 5.82 Å².